The second-order valence-electron chi connectivity index (χ2n) is 4.32. The topological polar surface area (TPSA) is 46.6 Å². The third-order valence-electron chi connectivity index (χ3n) is 2.99. The maximum atomic E-state index is 12.0. The number of nitrogens with zero attached hydrogens (tertiary/aromatic N) is 1. The van der Waals surface area contributed by atoms with Crippen molar-refractivity contribution in [1.29, 1.82) is 0 Å². The Morgan fingerprint density at radius 1 is 1.21 bits per heavy atom. The van der Waals surface area contributed by atoms with Gasteiger partial charge in [-0.1, -0.05) is 23.9 Å². The van der Waals surface area contributed by atoms with E-state index >= 15 is 0 Å². The number of anilines is 1. The molecule has 0 saturated heterocycles. The lowest BCUT2D eigenvalue weighted by atomic mass is 10.1. The molecule has 0 spiro atoms. The van der Waals surface area contributed by atoms with Crippen LogP contribution in [0.1, 0.15) is 6.92 Å². The van der Waals surface area contributed by atoms with Crippen molar-refractivity contribution >= 4 is 29.2 Å². The number of carbonyl (C=O) groups is 2. The van der Waals surface area contributed by atoms with Gasteiger partial charge in [0, 0.05) is 18.0 Å². The number of fused-ring (bicyclic) bond motifs is 1. The van der Waals surface area contributed by atoms with E-state index in [4.69, 9.17) is 4.74 Å². The highest BCUT2D eigenvalue weighted by molar-refractivity contribution is 8.03. The van der Waals surface area contributed by atoms with Gasteiger partial charge in [0.1, 0.15) is 11.3 Å². The number of benzene rings is 1. The summed E-state index contributed by atoms with van der Waals surface area (Å²) < 4.78 is 5.03. The van der Waals surface area contributed by atoms with E-state index in [0.717, 1.165) is 10.6 Å². The van der Waals surface area contributed by atoms with Crippen LogP contribution in [0.2, 0.25) is 0 Å². The van der Waals surface area contributed by atoms with Crippen molar-refractivity contribution in [3.63, 3.8) is 0 Å². The normalized spacial score (nSPS) is 22.2. The lowest BCUT2D eigenvalue weighted by molar-refractivity contribution is -0.137. The number of rotatable bonds is 0. The first-order chi connectivity index (χ1) is 9.08. The smallest absolute Gasteiger partial charge is 0.349 e. The molecule has 0 unspecified atom stereocenters. The molecule has 0 radical (unpaired) electrons. The molecule has 4 nitrogen and oxygen atoms in total. The van der Waals surface area contributed by atoms with E-state index in [-0.39, 0.29) is 11.4 Å². The van der Waals surface area contributed by atoms with Crippen LogP contribution in [0.5, 0.6) is 0 Å². The highest BCUT2D eigenvalue weighted by Gasteiger charge is 2.34. The zero-order valence-corrected chi connectivity index (χ0v) is 11.3. The minimum atomic E-state index is -0.577. The lowest BCUT2D eigenvalue weighted by Gasteiger charge is -2.18. The van der Waals surface area contributed by atoms with Crippen LogP contribution in [-0.2, 0) is 14.3 Å². The van der Waals surface area contributed by atoms with Crippen LogP contribution in [0.3, 0.4) is 0 Å². The van der Waals surface area contributed by atoms with Crippen molar-refractivity contribution in [2.75, 3.05) is 11.9 Å². The van der Waals surface area contributed by atoms with Gasteiger partial charge in [-0.25, -0.2) is 4.79 Å². The van der Waals surface area contributed by atoms with Gasteiger partial charge in [0.15, 0.2) is 5.78 Å². The van der Waals surface area contributed by atoms with E-state index < -0.39 is 5.97 Å². The van der Waals surface area contributed by atoms with E-state index in [1.54, 1.807) is 6.92 Å². The number of carbonyl (C=O) groups excluding carboxylic acids is 2. The van der Waals surface area contributed by atoms with Gasteiger partial charge in [-0.15, -0.1) is 0 Å². The fourth-order valence-corrected chi connectivity index (χ4v) is 3.28. The van der Waals surface area contributed by atoms with Crippen LogP contribution in [0.15, 0.2) is 51.6 Å². The molecule has 0 N–H and O–H groups in total. The number of allylic oxidation sites excluding steroid dienone is 2. The molecule has 3 rings (SSSR count). The molecule has 2 aliphatic heterocycles. The number of esters is 1. The van der Waals surface area contributed by atoms with Crippen LogP contribution in [0.4, 0.5) is 5.69 Å². The molecule has 2 heterocycles. The average Bonchev–Trinajstić information content (AvgIpc) is 2.66. The minimum absolute atomic E-state index is 0.106. The summed E-state index contributed by atoms with van der Waals surface area (Å²) in [4.78, 5) is 26.8. The molecule has 19 heavy (non-hydrogen) atoms. The molecular formula is C14H11NO3S. The first-order valence-electron chi connectivity index (χ1n) is 5.77. The highest BCUT2D eigenvalue weighted by Crippen LogP contribution is 2.46. The van der Waals surface area contributed by atoms with Crippen molar-refractivity contribution in [1.82, 2.24) is 0 Å². The maximum Gasteiger partial charge on any atom is 0.349 e. The molecule has 0 aliphatic carbocycles. The van der Waals surface area contributed by atoms with Crippen molar-refractivity contribution in [2.24, 2.45) is 0 Å². The SMILES string of the molecule is CC1=CC(=O)C(=C2Sc3ccccc3N2C)C(=O)O1. The van der Waals surface area contributed by atoms with Crippen molar-refractivity contribution in [3.8, 4) is 0 Å². The summed E-state index contributed by atoms with van der Waals surface area (Å²) in [6.45, 7) is 1.59. The van der Waals surface area contributed by atoms with Crippen molar-refractivity contribution in [2.45, 2.75) is 11.8 Å². The molecule has 1 aromatic carbocycles. The predicted octanol–water partition coefficient (Wildman–Crippen LogP) is 2.47. The molecule has 0 aromatic heterocycles. The molecule has 0 atom stereocenters. The Morgan fingerprint density at radius 2 is 1.95 bits per heavy atom. The molecule has 5 heteroatoms. The number of thioether (sulfide) groups is 1. The first kappa shape index (κ1) is 12.0. The van der Waals surface area contributed by atoms with Gasteiger partial charge in [-0.3, -0.25) is 4.79 Å². The molecule has 0 fully saturated rings. The number of hydrogen-bond donors (Lipinski definition) is 0. The fraction of sp³-hybridized carbons (Fsp3) is 0.143. The maximum absolute atomic E-state index is 12.0. The van der Waals surface area contributed by atoms with E-state index in [1.165, 1.54) is 17.8 Å². The molecule has 2 aliphatic rings. The summed E-state index contributed by atoms with van der Waals surface area (Å²) in [5.74, 6) is -0.537. The summed E-state index contributed by atoms with van der Waals surface area (Å²) in [7, 11) is 1.84. The Hall–Kier alpha value is -2.01. The van der Waals surface area contributed by atoms with Gasteiger partial charge in [-0.2, -0.15) is 0 Å². The van der Waals surface area contributed by atoms with Gasteiger partial charge in [0.2, 0.25) is 0 Å². The van der Waals surface area contributed by atoms with Crippen LogP contribution in [0.25, 0.3) is 0 Å². The van der Waals surface area contributed by atoms with E-state index in [2.05, 4.69) is 0 Å². The Morgan fingerprint density at radius 3 is 2.63 bits per heavy atom. The molecule has 0 amide bonds. The van der Waals surface area contributed by atoms with Gasteiger partial charge < -0.3 is 9.64 Å². The monoisotopic (exact) mass is 273 g/mol. The van der Waals surface area contributed by atoms with Crippen molar-refractivity contribution in [3.05, 3.63) is 46.7 Å². The Bertz CT molecular complexity index is 660. The molecule has 0 saturated carbocycles. The minimum Gasteiger partial charge on any atom is -0.427 e. The summed E-state index contributed by atoms with van der Waals surface area (Å²) in [6.07, 6.45) is 1.35. The summed E-state index contributed by atoms with van der Waals surface area (Å²) in [5.41, 5.74) is 1.09. The number of ketones is 1. The van der Waals surface area contributed by atoms with Crippen LogP contribution in [0, 0.1) is 0 Å². The zero-order valence-electron chi connectivity index (χ0n) is 10.5. The summed E-state index contributed by atoms with van der Waals surface area (Å²) >= 11 is 1.41. The largest absolute Gasteiger partial charge is 0.427 e. The summed E-state index contributed by atoms with van der Waals surface area (Å²) in [5, 5.41) is 0.625. The van der Waals surface area contributed by atoms with Gasteiger partial charge in [-0.05, 0) is 19.1 Å². The number of hydrogen-bond acceptors (Lipinski definition) is 5. The van der Waals surface area contributed by atoms with Gasteiger partial charge >= 0.3 is 5.97 Å². The quantitative estimate of drug-likeness (QED) is 0.413. The Balaban J connectivity index is 2.11. The fourth-order valence-electron chi connectivity index (χ4n) is 2.10. The Kier molecular flexibility index (Phi) is 2.71. The lowest BCUT2D eigenvalue weighted by Crippen LogP contribution is -2.24. The Labute approximate surface area is 114 Å². The van der Waals surface area contributed by atoms with Gasteiger partial charge in [0.05, 0.1) is 10.7 Å². The standard InChI is InChI=1S/C14H11NO3S/c1-8-7-10(16)12(14(17)18-8)13-15(2)9-5-3-4-6-11(9)19-13/h3-7H,1-2H3. The highest BCUT2D eigenvalue weighted by atomic mass is 32.2. The molecular weight excluding hydrogens is 262 g/mol. The second kappa shape index (κ2) is 4.28. The average molecular weight is 273 g/mol. The summed E-state index contributed by atoms with van der Waals surface area (Å²) in [6, 6.07) is 7.77. The third-order valence-corrected chi connectivity index (χ3v) is 4.23. The van der Waals surface area contributed by atoms with E-state index in [1.807, 2.05) is 36.2 Å². The van der Waals surface area contributed by atoms with E-state index in [0.29, 0.717) is 10.8 Å². The number of ether oxygens (including phenoxy) is 1. The first-order valence-corrected chi connectivity index (χ1v) is 6.59. The molecule has 1 aromatic rings. The van der Waals surface area contributed by atoms with Crippen LogP contribution < -0.4 is 4.90 Å². The third kappa shape index (κ3) is 1.86. The van der Waals surface area contributed by atoms with Crippen LogP contribution >= 0.6 is 11.8 Å². The predicted molar refractivity (Wildman–Crippen MR) is 72.6 cm³/mol. The number of cyclic esters (lactones) is 1. The zero-order chi connectivity index (χ0) is 13.6. The number of para-hydroxylation sites is 1. The molecule has 0 bridgehead atoms. The second-order valence-corrected chi connectivity index (χ2v) is 5.35. The van der Waals surface area contributed by atoms with Crippen molar-refractivity contribution < 1.29 is 14.3 Å². The van der Waals surface area contributed by atoms with Crippen LogP contribution in [-0.4, -0.2) is 18.8 Å². The van der Waals surface area contributed by atoms with Gasteiger partial charge in [0.25, 0.3) is 0 Å². The molecule has 96 valence electrons. The van der Waals surface area contributed by atoms with E-state index in [9.17, 15) is 9.59 Å².